The zero-order valence-corrected chi connectivity index (χ0v) is 23.8. The molecule has 4 aromatic rings. The number of amides is 1. The molecule has 0 saturated carbocycles. The van der Waals surface area contributed by atoms with Gasteiger partial charge in [0.15, 0.2) is 5.78 Å². The fourth-order valence-corrected chi connectivity index (χ4v) is 5.33. The molecule has 5 rings (SSSR count). The summed E-state index contributed by atoms with van der Waals surface area (Å²) >= 11 is 0. The first kappa shape index (κ1) is 29.7. The molecule has 0 bridgehead atoms. The first-order valence-corrected chi connectivity index (χ1v) is 13.7. The number of Topliss-reactive ketones (excluding diaryl/α,β-unsaturated/α-hetero) is 1. The molecule has 0 radical (unpaired) electrons. The van der Waals surface area contributed by atoms with E-state index in [2.05, 4.69) is 10.4 Å². The second-order valence-electron chi connectivity index (χ2n) is 11.6. The molecule has 0 fully saturated rings. The molecule has 1 amide bonds. The van der Waals surface area contributed by atoms with Crippen LogP contribution < -0.4 is 5.32 Å². The number of hydrogen-bond donors (Lipinski definition) is 1. The molecule has 3 aromatic carbocycles. The van der Waals surface area contributed by atoms with Crippen molar-refractivity contribution in [2.24, 2.45) is 5.41 Å². The Kier molecular flexibility index (Phi) is 7.68. The van der Waals surface area contributed by atoms with Gasteiger partial charge in [0.2, 0.25) is 0 Å². The van der Waals surface area contributed by atoms with E-state index in [0.717, 1.165) is 29.3 Å². The number of benzene rings is 3. The summed E-state index contributed by atoms with van der Waals surface area (Å²) in [6.07, 6.45) is -3.42. The Hall–Kier alpha value is -4.80. The molecule has 222 valence electrons. The summed E-state index contributed by atoms with van der Waals surface area (Å²) in [5, 5.41) is 19.6. The molecule has 0 saturated heterocycles. The highest BCUT2D eigenvalue weighted by molar-refractivity contribution is 6.04. The molecule has 8 nitrogen and oxygen atoms in total. The Labute approximate surface area is 245 Å². The van der Waals surface area contributed by atoms with E-state index >= 15 is 0 Å². The SMILES string of the molecule is Cc1ccc(CCNC(=O)c2ccc(-n3nc(-c4ccc(C(F)(F)F)cc4)c4c3CC(C)(C)CC4=O)c([N+](=O)[O-])c2)cc1. The number of carbonyl (C=O) groups excluding carboxylic acids is 2. The average Bonchev–Trinajstić information content (AvgIpc) is 3.31. The van der Waals surface area contributed by atoms with Gasteiger partial charge in [-0.25, -0.2) is 4.68 Å². The van der Waals surface area contributed by atoms with Crippen molar-refractivity contribution in [1.82, 2.24) is 15.1 Å². The van der Waals surface area contributed by atoms with Gasteiger partial charge in [-0.05, 0) is 55.0 Å². The normalized spacial score (nSPS) is 14.3. The molecule has 1 N–H and O–H groups in total. The molecule has 0 spiro atoms. The van der Waals surface area contributed by atoms with Gasteiger partial charge in [-0.3, -0.25) is 19.7 Å². The van der Waals surface area contributed by atoms with E-state index in [4.69, 9.17) is 0 Å². The summed E-state index contributed by atoms with van der Waals surface area (Å²) in [4.78, 5) is 37.8. The largest absolute Gasteiger partial charge is 0.416 e. The lowest BCUT2D eigenvalue weighted by molar-refractivity contribution is -0.384. The Morgan fingerprint density at radius 1 is 1.05 bits per heavy atom. The first-order valence-electron chi connectivity index (χ1n) is 13.7. The van der Waals surface area contributed by atoms with Crippen LogP contribution in [0.5, 0.6) is 0 Å². The molecule has 11 heteroatoms. The fraction of sp³-hybridized carbons (Fsp3) is 0.281. The number of halogens is 3. The van der Waals surface area contributed by atoms with Gasteiger partial charge in [-0.2, -0.15) is 18.3 Å². The molecular weight excluding hydrogens is 561 g/mol. The summed E-state index contributed by atoms with van der Waals surface area (Å²) in [6, 6.07) is 16.2. The van der Waals surface area contributed by atoms with Gasteiger partial charge in [0.25, 0.3) is 11.6 Å². The topological polar surface area (TPSA) is 107 Å². The third-order valence-electron chi connectivity index (χ3n) is 7.51. The number of fused-ring (bicyclic) bond motifs is 1. The van der Waals surface area contributed by atoms with Gasteiger partial charge in [0.1, 0.15) is 11.4 Å². The van der Waals surface area contributed by atoms with Crippen molar-refractivity contribution in [3.05, 3.63) is 110 Å². The van der Waals surface area contributed by atoms with Crippen LogP contribution in [-0.4, -0.2) is 32.9 Å². The highest BCUT2D eigenvalue weighted by Gasteiger charge is 2.38. The zero-order valence-electron chi connectivity index (χ0n) is 23.8. The summed E-state index contributed by atoms with van der Waals surface area (Å²) in [7, 11) is 0. The van der Waals surface area contributed by atoms with Crippen molar-refractivity contribution >= 4 is 17.4 Å². The van der Waals surface area contributed by atoms with Gasteiger partial charge in [-0.1, -0.05) is 55.8 Å². The predicted octanol–water partition coefficient (Wildman–Crippen LogP) is 6.90. The maximum Gasteiger partial charge on any atom is 0.416 e. The number of nitro benzene ring substituents is 1. The second kappa shape index (κ2) is 11.1. The lowest BCUT2D eigenvalue weighted by Crippen LogP contribution is -2.28. The first-order chi connectivity index (χ1) is 20.2. The van der Waals surface area contributed by atoms with Crippen molar-refractivity contribution in [3.8, 4) is 16.9 Å². The van der Waals surface area contributed by atoms with E-state index in [1.807, 2.05) is 45.0 Å². The number of alkyl halides is 3. The van der Waals surface area contributed by atoms with Gasteiger partial charge in [-0.15, -0.1) is 0 Å². The molecule has 0 atom stereocenters. The van der Waals surface area contributed by atoms with E-state index in [1.54, 1.807) is 0 Å². The summed E-state index contributed by atoms with van der Waals surface area (Å²) < 4.78 is 40.8. The number of aryl methyl sites for hydroxylation is 1. The van der Waals surface area contributed by atoms with Crippen LogP contribution in [0.25, 0.3) is 16.9 Å². The molecule has 1 heterocycles. The minimum absolute atomic E-state index is 0.0427. The second-order valence-corrected chi connectivity index (χ2v) is 11.6. The van der Waals surface area contributed by atoms with Crippen LogP contribution in [0.2, 0.25) is 0 Å². The molecule has 43 heavy (non-hydrogen) atoms. The van der Waals surface area contributed by atoms with Crippen molar-refractivity contribution in [3.63, 3.8) is 0 Å². The van der Waals surface area contributed by atoms with Crippen LogP contribution in [0.1, 0.15) is 63.4 Å². The minimum Gasteiger partial charge on any atom is -0.352 e. The van der Waals surface area contributed by atoms with E-state index in [9.17, 15) is 32.9 Å². The van der Waals surface area contributed by atoms with Gasteiger partial charge < -0.3 is 5.32 Å². The van der Waals surface area contributed by atoms with E-state index in [0.29, 0.717) is 25.1 Å². The molecule has 0 unspecified atom stereocenters. The lowest BCUT2D eigenvalue weighted by atomic mass is 9.75. The van der Waals surface area contributed by atoms with Crippen LogP contribution >= 0.6 is 0 Å². The van der Waals surface area contributed by atoms with Crippen molar-refractivity contribution < 1.29 is 27.7 Å². The van der Waals surface area contributed by atoms with Crippen molar-refractivity contribution in [2.75, 3.05) is 6.54 Å². The quantitative estimate of drug-likeness (QED) is 0.186. The number of nitrogens with one attached hydrogen (secondary N) is 1. The molecule has 1 aliphatic rings. The number of nitro groups is 1. The zero-order chi connectivity index (χ0) is 31.1. The minimum atomic E-state index is -4.54. The van der Waals surface area contributed by atoms with Gasteiger partial charge in [0, 0.05) is 30.2 Å². The number of carbonyl (C=O) groups is 2. The maximum atomic E-state index is 13.3. The smallest absolute Gasteiger partial charge is 0.352 e. The number of hydrogen-bond acceptors (Lipinski definition) is 5. The maximum absolute atomic E-state index is 13.3. The number of nitrogens with zero attached hydrogens (tertiary/aromatic N) is 3. The number of rotatable bonds is 7. The summed E-state index contributed by atoms with van der Waals surface area (Å²) in [6.45, 7) is 6.09. The van der Waals surface area contributed by atoms with Crippen LogP contribution in [0.3, 0.4) is 0 Å². The summed E-state index contributed by atoms with van der Waals surface area (Å²) in [5.41, 5.74) is 1.65. The van der Waals surface area contributed by atoms with Gasteiger partial charge in [0.05, 0.1) is 21.7 Å². The molecule has 1 aliphatic carbocycles. The molecular formula is C32H29F3N4O4. The van der Waals surface area contributed by atoms with Gasteiger partial charge >= 0.3 is 6.18 Å². The van der Waals surface area contributed by atoms with E-state index < -0.39 is 33.7 Å². The highest BCUT2D eigenvalue weighted by Crippen LogP contribution is 2.41. The third kappa shape index (κ3) is 6.20. The Bertz CT molecular complexity index is 1720. The molecule has 1 aromatic heterocycles. The van der Waals surface area contributed by atoms with Crippen molar-refractivity contribution in [2.45, 2.75) is 46.2 Å². The Morgan fingerprint density at radius 3 is 2.35 bits per heavy atom. The highest BCUT2D eigenvalue weighted by atomic mass is 19.4. The standard InChI is InChI=1S/C32H29F3N4O4/c1-19-4-6-20(7-5-19)14-15-36-30(41)22-10-13-24(25(16-22)39(42)43)38-26-17-31(2,3)18-27(40)28(26)29(37-38)21-8-11-23(12-9-21)32(33,34)35/h4-13,16H,14-15,17-18H2,1-3H3,(H,36,41). The monoisotopic (exact) mass is 590 g/mol. The van der Waals surface area contributed by atoms with E-state index in [1.165, 1.54) is 28.9 Å². The fourth-order valence-electron chi connectivity index (χ4n) is 5.33. The van der Waals surface area contributed by atoms with Crippen LogP contribution in [0.15, 0.2) is 66.7 Å². The number of aromatic nitrogens is 2. The third-order valence-corrected chi connectivity index (χ3v) is 7.51. The Balaban J connectivity index is 1.51. The average molecular weight is 591 g/mol. The molecule has 0 aliphatic heterocycles. The summed E-state index contributed by atoms with van der Waals surface area (Å²) in [5.74, 6) is -0.731. The van der Waals surface area contributed by atoms with Crippen LogP contribution in [0.4, 0.5) is 18.9 Å². The van der Waals surface area contributed by atoms with Crippen molar-refractivity contribution in [1.29, 1.82) is 0 Å². The van der Waals surface area contributed by atoms with Crippen LogP contribution in [-0.2, 0) is 19.0 Å². The van der Waals surface area contributed by atoms with E-state index in [-0.39, 0.29) is 40.3 Å². The Morgan fingerprint density at radius 2 is 1.72 bits per heavy atom. The lowest BCUT2D eigenvalue weighted by Gasteiger charge is -2.29. The van der Waals surface area contributed by atoms with Crippen LogP contribution in [0, 0.1) is 22.5 Å². The predicted molar refractivity (Wildman–Crippen MR) is 154 cm³/mol. The number of ketones is 1.